The summed E-state index contributed by atoms with van der Waals surface area (Å²) in [5, 5.41) is 15.3. The van der Waals surface area contributed by atoms with Crippen LogP contribution in [0.3, 0.4) is 0 Å². The molecule has 3 rings (SSSR count). The molecule has 23 heavy (non-hydrogen) atoms. The number of fused-ring (bicyclic) bond motifs is 1. The van der Waals surface area contributed by atoms with Gasteiger partial charge in [-0.1, -0.05) is 0 Å². The number of hydrogen-bond donors (Lipinski definition) is 0. The van der Waals surface area contributed by atoms with Gasteiger partial charge in [0.2, 0.25) is 0 Å². The van der Waals surface area contributed by atoms with Gasteiger partial charge in [0.15, 0.2) is 0 Å². The number of aryl methyl sites for hydroxylation is 2. The highest BCUT2D eigenvalue weighted by Crippen LogP contribution is 2.26. The van der Waals surface area contributed by atoms with Gasteiger partial charge < -0.3 is 0 Å². The lowest BCUT2D eigenvalue weighted by Gasteiger charge is -2.05. The summed E-state index contributed by atoms with van der Waals surface area (Å²) in [6, 6.07) is 5.76. The summed E-state index contributed by atoms with van der Waals surface area (Å²) in [5.41, 5.74) is 0.400. The van der Waals surface area contributed by atoms with Crippen LogP contribution in [-0.2, 0) is 21.1 Å². The van der Waals surface area contributed by atoms with Crippen molar-refractivity contribution in [2.45, 2.75) is 0 Å². The van der Waals surface area contributed by atoms with E-state index in [1.807, 2.05) is 0 Å². The van der Waals surface area contributed by atoms with Gasteiger partial charge in [0, 0.05) is 38.8 Å². The molecule has 0 atom stereocenters. The molecule has 0 saturated heterocycles. The maximum absolute atomic E-state index is 12.5. The number of benzene rings is 1. The molecule has 2 aromatic heterocycles. The molecule has 0 N–H and O–H groups in total. The third-order valence-corrected chi connectivity index (χ3v) is 3.78. The molecule has 2 heterocycles. The molecule has 0 amide bonds. The first-order valence-electron chi connectivity index (χ1n) is 6.70. The number of rotatable bonds is 2. The smallest absolute Gasteiger partial charge is 0.281 e. The number of non-ortho nitro benzene ring substituents is 1. The third-order valence-electron chi connectivity index (χ3n) is 3.78. The number of nitrogens with zero attached hydrogens (tertiary/aromatic N) is 5. The molecular formula is C14H13N5O4. The molecule has 0 bridgehead atoms. The average Bonchev–Trinajstić information content (AvgIpc) is 2.88. The molecule has 0 aliphatic carbocycles. The standard InChI is InChI=1S/C14H13N5O4/c1-16-12-10(13(20)17(2)14(16)21)11(15-18(12)3)8-4-6-9(7-5-8)19(22)23/h4-7H,1-3H3. The Balaban J connectivity index is 2.37. The number of nitro benzene ring substituents is 1. The Kier molecular flexibility index (Phi) is 3.13. The van der Waals surface area contributed by atoms with Crippen LogP contribution < -0.4 is 11.2 Å². The highest BCUT2D eigenvalue weighted by atomic mass is 16.6. The summed E-state index contributed by atoms with van der Waals surface area (Å²) < 4.78 is 3.81. The molecule has 9 heteroatoms. The molecule has 0 saturated carbocycles. The molecule has 0 aliphatic rings. The Labute approximate surface area is 129 Å². The quantitative estimate of drug-likeness (QED) is 0.507. The average molecular weight is 315 g/mol. The van der Waals surface area contributed by atoms with E-state index in [2.05, 4.69) is 5.10 Å². The second-order valence-corrected chi connectivity index (χ2v) is 5.18. The van der Waals surface area contributed by atoms with E-state index in [-0.39, 0.29) is 5.69 Å². The molecule has 0 aliphatic heterocycles. The van der Waals surface area contributed by atoms with Gasteiger partial charge in [0.1, 0.15) is 16.7 Å². The number of nitro groups is 1. The van der Waals surface area contributed by atoms with Gasteiger partial charge in [0.25, 0.3) is 11.2 Å². The minimum Gasteiger partial charge on any atom is -0.281 e. The maximum atomic E-state index is 12.5. The number of aromatic nitrogens is 4. The molecule has 0 unspecified atom stereocenters. The topological polar surface area (TPSA) is 105 Å². The van der Waals surface area contributed by atoms with Gasteiger partial charge >= 0.3 is 5.69 Å². The molecule has 1 aromatic carbocycles. The molecule has 118 valence electrons. The van der Waals surface area contributed by atoms with E-state index in [9.17, 15) is 19.7 Å². The highest BCUT2D eigenvalue weighted by molar-refractivity contribution is 5.90. The summed E-state index contributed by atoms with van der Waals surface area (Å²) in [7, 11) is 4.60. The summed E-state index contributed by atoms with van der Waals surface area (Å²) in [4.78, 5) is 34.7. The summed E-state index contributed by atoms with van der Waals surface area (Å²) in [5.74, 6) is 0. The van der Waals surface area contributed by atoms with Crippen LogP contribution in [0.15, 0.2) is 33.9 Å². The van der Waals surface area contributed by atoms with Crippen LogP contribution in [-0.4, -0.2) is 23.8 Å². The monoisotopic (exact) mass is 315 g/mol. The van der Waals surface area contributed by atoms with E-state index < -0.39 is 16.2 Å². The Bertz CT molecular complexity index is 1060. The van der Waals surface area contributed by atoms with Gasteiger partial charge in [-0.05, 0) is 12.1 Å². The van der Waals surface area contributed by atoms with Gasteiger partial charge in [-0.25, -0.2) is 4.79 Å². The first kappa shape index (κ1) is 14.7. The summed E-state index contributed by atoms with van der Waals surface area (Å²) in [6.45, 7) is 0. The van der Waals surface area contributed by atoms with Crippen molar-refractivity contribution in [2.24, 2.45) is 21.1 Å². The Hall–Kier alpha value is -3.23. The lowest BCUT2D eigenvalue weighted by Crippen LogP contribution is -2.37. The van der Waals surface area contributed by atoms with Crippen molar-refractivity contribution >= 4 is 16.7 Å². The van der Waals surface area contributed by atoms with Crippen LogP contribution in [0.1, 0.15) is 0 Å². The second-order valence-electron chi connectivity index (χ2n) is 5.18. The molecule has 3 aromatic rings. The zero-order valence-corrected chi connectivity index (χ0v) is 12.7. The van der Waals surface area contributed by atoms with Crippen LogP contribution in [0.2, 0.25) is 0 Å². The zero-order valence-electron chi connectivity index (χ0n) is 12.7. The summed E-state index contributed by atoms with van der Waals surface area (Å²) in [6.07, 6.45) is 0. The fourth-order valence-corrected chi connectivity index (χ4v) is 2.61. The minimum atomic E-state index is -0.497. The van der Waals surface area contributed by atoms with Crippen LogP contribution in [0, 0.1) is 10.1 Å². The first-order valence-corrected chi connectivity index (χ1v) is 6.70. The van der Waals surface area contributed by atoms with Crippen LogP contribution >= 0.6 is 0 Å². The van der Waals surface area contributed by atoms with Crippen molar-refractivity contribution in [1.29, 1.82) is 0 Å². The maximum Gasteiger partial charge on any atom is 0.332 e. The zero-order chi connectivity index (χ0) is 16.9. The Morgan fingerprint density at radius 2 is 1.65 bits per heavy atom. The van der Waals surface area contributed by atoms with Crippen molar-refractivity contribution in [2.75, 3.05) is 0 Å². The predicted molar refractivity (Wildman–Crippen MR) is 83.3 cm³/mol. The van der Waals surface area contributed by atoms with Crippen LogP contribution in [0.4, 0.5) is 5.69 Å². The van der Waals surface area contributed by atoms with Crippen molar-refractivity contribution in [3.63, 3.8) is 0 Å². The molecular weight excluding hydrogens is 302 g/mol. The molecule has 9 nitrogen and oxygen atoms in total. The van der Waals surface area contributed by atoms with E-state index in [1.165, 1.54) is 40.6 Å². The Morgan fingerprint density at radius 3 is 2.22 bits per heavy atom. The van der Waals surface area contributed by atoms with E-state index >= 15 is 0 Å². The van der Waals surface area contributed by atoms with Gasteiger partial charge in [-0.15, -0.1) is 0 Å². The van der Waals surface area contributed by atoms with E-state index in [1.54, 1.807) is 14.1 Å². The predicted octanol–water partition coefficient (Wildman–Crippen LogP) is 0.546. The van der Waals surface area contributed by atoms with Crippen molar-refractivity contribution < 1.29 is 4.92 Å². The summed E-state index contributed by atoms with van der Waals surface area (Å²) >= 11 is 0. The van der Waals surface area contributed by atoms with Crippen LogP contribution in [0.5, 0.6) is 0 Å². The van der Waals surface area contributed by atoms with E-state index in [0.29, 0.717) is 22.3 Å². The van der Waals surface area contributed by atoms with Gasteiger partial charge in [-0.3, -0.25) is 28.7 Å². The fourth-order valence-electron chi connectivity index (χ4n) is 2.61. The largest absolute Gasteiger partial charge is 0.332 e. The van der Waals surface area contributed by atoms with Gasteiger partial charge in [-0.2, -0.15) is 5.10 Å². The van der Waals surface area contributed by atoms with Crippen molar-refractivity contribution in [3.05, 3.63) is 55.2 Å². The minimum absolute atomic E-state index is 0.0470. The molecule has 0 spiro atoms. The molecule has 0 radical (unpaired) electrons. The first-order chi connectivity index (χ1) is 10.8. The SMILES string of the molecule is Cn1c(=O)c2c(-c3ccc([N+](=O)[O-])cc3)nn(C)c2n(C)c1=O. The normalized spacial score (nSPS) is 11.1. The second kappa shape index (κ2) is 4.90. The van der Waals surface area contributed by atoms with Crippen molar-refractivity contribution in [1.82, 2.24) is 18.9 Å². The van der Waals surface area contributed by atoms with Crippen molar-refractivity contribution in [3.8, 4) is 11.3 Å². The third kappa shape index (κ3) is 2.05. The number of hydrogen-bond acceptors (Lipinski definition) is 5. The Morgan fingerprint density at radius 1 is 1.04 bits per heavy atom. The fraction of sp³-hybridized carbons (Fsp3) is 0.214. The lowest BCUT2D eigenvalue weighted by atomic mass is 10.1. The van der Waals surface area contributed by atoms with Gasteiger partial charge in [0.05, 0.1) is 4.92 Å². The van der Waals surface area contributed by atoms with E-state index in [4.69, 9.17) is 0 Å². The highest BCUT2D eigenvalue weighted by Gasteiger charge is 2.19. The van der Waals surface area contributed by atoms with Crippen LogP contribution in [0.25, 0.3) is 22.3 Å². The molecule has 0 fully saturated rings. The van der Waals surface area contributed by atoms with E-state index in [0.717, 1.165) is 4.57 Å². The lowest BCUT2D eigenvalue weighted by molar-refractivity contribution is -0.384.